The average molecular weight is 281 g/mol. The predicted octanol–water partition coefficient (Wildman–Crippen LogP) is 2.18. The van der Waals surface area contributed by atoms with E-state index in [1.54, 1.807) is 6.07 Å². The number of Topliss-reactive ketones (excluding diaryl/α,β-unsaturated/α-hetero) is 1. The van der Waals surface area contributed by atoms with Gasteiger partial charge in [-0.1, -0.05) is 30.3 Å². The Labute approximate surface area is 104 Å². The van der Waals surface area contributed by atoms with Gasteiger partial charge in [-0.2, -0.15) is 22.0 Å². The Morgan fingerprint density at radius 1 is 1.00 bits per heavy atom. The molecule has 104 valence electrons. The van der Waals surface area contributed by atoms with Crippen molar-refractivity contribution in [1.29, 1.82) is 0 Å². The van der Waals surface area contributed by atoms with Crippen LogP contribution in [-0.4, -0.2) is 30.3 Å². The van der Waals surface area contributed by atoms with Gasteiger partial charge in [0, 0.05) is 5.56 Å². The summed E-state index contributed by atoms with van der Waals surface area (Å²) >= 11 is 0. The van der Waals surface area contributed by atoms with Gasteiger partial charge >= 0.3 is 18.0 Å². The number of hydrogen-bond donors (Lipinski definition) is 1. The highest BCUT2D eigenvalue weighted by Crippen LogP contribution is 2.35. The zero-order chi connectivity index (χ0) is 14.7. The van der Waals surface area contributed by atoms with E-state index in [1.165, 1.54) is 29.6 Å². The molecule has 3 nitrogen and oxygen atoms in total. The molecule has 0 bridgehead atoms. The van der Waals surface area contributed by atoms with Gasteiger partial charge in [0.25, 0.3) is 0 Å². The first-order valence-electron chi connectivity index (χ1n) is 4.97. The molecule has 0 saturated heterocycles. The summed E-state index contributed by atoms with van der Waals surface area (Å²) in [6.45, 7) is -0.936. The standard InChI is InChI=1S/C11H8F5NO2/c12-10(13,11(14,15)16)9(19)17-6-8(18)7-4-2-1-3-5-7/h1-5H,6H2,(H,17,19). The molecule has 0 aromatic heterocycles. The van der Waals surface area contributed by atoms with Gasteiger partial charge in [0.05, 0.1) is 6.54 Å². The lowest BCUT2D eigenvalue weighted by Crippen LogP contribution is -2.51. The van der Waals surface area contributed by atoms with Crippen LogP contribution in [0.25, 0.3) is 0 Å². The first-order valence-corrected chi connectivity index (χ1v) is 4.97. The third-order valence-corrected chi connectivity index (χ3v) is 2.15. The van der Waals surface area contributed by atoms with Crippen LogP contribution in [0.5, 0.6) is 0 Å². The molecule has 0 aliphatic heterocycles. The van der Waals surface area contributed by atoms with Crippen LogP contribution in [0, 0.1) is 0 Å². The molecule has 8 heteroatoms. The number of alkyl halides is 5. The lowest BCUT2D eigenvalue weighted by Gasteiger charge is -2.18. The summed E-state index contributed by atoms with van der Waals surface area (Å²) in [6, 6.07) is 7.25. The minimum atomic E-state index is -5.99. The Morgan fingerprint density at radius 3 is 2.00 bits per heavy atom. The monoisotopic (exact) mass is 281 g/mol. The number of nitrogens with one attached hydrogen (secondary N) is 1. The molecule has 0 aliphatic rings. The molecule has 0 radical (unpaired) electrons. The van der Waals surface area contributed by atoms with Crippen molar-refractivity contribution in [2.75, 3.05) is 6.54 Å². The van der Waals surface area contributed by atoms with Crippen LogP contribution in [-0.2, 0) is 4.79 Å². The van der Waals surface area contributed by atoms with E-state index in [-0.39, 0.29) is 5.56 Å². The Morgan fingerprint density at radius 2 is 1.53 bits per heavy atom. The average Bonchev–Trinajstić information content (AvgIpc) is 2.35. The molecule has 0 atom stereocenters. The first-order chi connectivity index (χ1) is 8.66. The number of halogens is 5. The molecule has 0 aliphatic carbocycles. The zero-order valence-electron chi connectivity index (χ0n) is 9.30. The SMILES string of the molecule is O=C(CNC(=O)C(F)(F)C(F)(F)F)c1ccccc1. The quantitative estimate of drug-likeness (QED) is 0.679. The lowest BCUT2D eigenvalue weighted by molar-refractivity contribution is -0.269. The number of carbonyl (C=O) groups excluding carboxylic acids is 2. The second kappa shape index (κ2) is 5.33. The second-order valence-electron chi connectivity index (χ2n) is 3.54. The fraction of sp³-hybridized carbons (Fsp3) is 0.273. The van der Waals surface area contributed by atoms with Gasteiger partial charge < -0.3 is 5.32 Å². The summed E-state index contributed by atoms with van der Waals surface area (Å²) < 4.78 is 60.6. The normalized spacial score (nSPS) is 12.1. The third kappa shape index (κ3) is 3.49. The van der Waals surface area contributed by atoms with Crippen molar-refractivity contribution in [3.63, 3.8) is 0 Å². The van der Waals surface area contributed by atoms with Crippen LogP contribution in [0.2, 0.25) is 0 Å². The fourth-order valence-corrected chi connectivity index (χ4v) is 1.13. The smallest absolute Gasteiger partial charge is 0.343 e. The number of amides is 1. The number of benzene rings is 1. The molecule has 1 aromatic carbocycles. The number of carbonyl (C=O) groups is 2. The van der Waals surface area contributed by atoms with Crippen molar-refractivity contribution in [2.24, 2.45) is 0 Å². The van der Waals surface area contributed by atoms with Crippen molar-refractivity contribution in [1.82, 2.24) is 5.32 Å². The lowest BCUT2D eigenvalue weighted by atomic mass is 10.1. The van der Waals surface area contributed by atoms with Crippen LogP contribution in [0.4, 0.5) is 22.0 Å². The van der Waals surface area contributed by atoms with Crippen molar-refractivity contribution >= 4 is 11.7 Å². The summed E-state index contributed by atoms with van der Waals surface area (Å²) in [5.41, 5.74) is 0.0955. The third-order valence-electron chi connectivity index (χ3n) is 2.15. The van der Waals surface area contributed by atoms with Crippen molar-refractivity contribution in [2.45, 2.75) is 12.1 Å². The summed E-state index contributed by atoms with van der Waals surface area (Å²) in [7, 11) is 0. The number of ketones is 1. The van der Waals surface area contributed by atoms with E-state index in [4.69, 9.17) is 0 Å². The molecule has 0 heterocycles. The fourth-order valence-electron chi connectivity index (χ4n) is 1.13. The Hall–Kier alpha value is -1.99. The summed E-state index contributed by atoms with van der Waals surface area (Å²) in [6.07, 6.45) is -5.99. The zero-order valence-corrected chi connectivity index (χ0v) is 9.30. The van der Waals surface area contributed by atoms with Crippen LogP contribution in [0.3, 0.4) is 0 Å². The van der Waals surface area contributed by atoms with Crippen molar-refractivity contribution in [3.05, 3.63) is 35.9 Å². The largest absolute Gasteiger partial charge is 0.463 e. The predicted molar refractivity (Wildman–Crippen MR) is 54.8 cm³/mol. The number of rotatable bonds is 4. The van der Waals surface area contributed by atoms with Gasteiger partial charge in [0.1, 0.15) is 0 Å². The summed E-state index contributed by atoms with van der Waals surface area (Å²) in [4.78, 5) is 22.1. The summed E-state index contributed by atoms with van der Waals surface area (Å²) in [5.74, 6) is -8.85. The van der Waals surface area contributed by atoms with Crippen LogP contribution in [0.1, 0.15) is 10.4 Å². The molecular formula is C11H8F5NO2. The van der Waals surface area contributed by atoms with E-state index in [0.717, 1.165) is 0 Å². The van der Waals surface area contributed by atoms with E-state index in [9.17, 15) is 31.5 Å². The highest BCUT2D eigenvalue weighted by Gasteiger charge is 2.63. The van der Waals surface area contributed by atoms with Gasteiger partial charge in [-0.3, -0.25) is 9.59 Å². The second-order valence-corrected chi connectivity index (χ2v) is 3.54. The molecule has 0 unspecified atom stereocenters. The van der Waals surface area contributed by atoms with E-state index in [0.29, 0.717) is 0 Å². The van der Waals surface area contributed by atoms with Gasteiger partial charge in [-0.05, 0) is 0 Å². The van der Waals surface area contributed by atoms with Crippen LogP contribution in [0.15, 0.2) is 30.3 Å². The maximum Gasteiger partial charge on any atom is 0.463 e. The minimum absolute atomic E-state index is 0.0955. The molecule has 0 fully saturated rings. The Kier molecular flexibility index (Phi) is 4.23. The van der Waals surface area contributed by atoms with E-state index < -0.39 is 30.3 Å². The number of hydrogen-bond acceptors (Lipinski definition) is 2. The van der Waals surface area contributed by atoms with Crippen molar-refractivity contribution in [3.8, 4) is 0 Å². The molecule has 0 saturated carbocycles. The van der Waals surface area contributed by atoms with Gasteiger partial charge in [0.15, 0.2) is 5.78 Å². The molecular weight excluding hydrogens is 273 g/mol. The molecule has 1 rings (SSSR count). The topological polar surface area (TPSA) is 46.2 Å². The molecule has 19 heavy (non-hydrogen) atoms. The maximum atomic E-state index is 12.5. The van der Waals surface area contributed by atoms with Gasteiger partial charge in [-0.25, -0.2) is 0 Å². The molecule has 1 aromatic rings. The Bertz CT molecular complexity index is 470. The maximum absolute atomic E-state index is 12.5. The first kappa shape index (κ1) is 15.1. The van der Waals surface area contributed by atoms with Gasteiger partial charge in [0.2, 0.25) is 0 Å². The highest BCUT2D eigenvalue weighted by atomic mass is 19.4. The van der Waals surface area contributed by atoms with Crippen LogP contribution >= 0.6 is 0 Å². The van der Waals surface area contributed by atoms with Crippen molar-refractivity contribution < 1.29 is 31.5 Å². The Balaban J connectivity index is 2.63. The van der Waals surface area contributed by atoms with E-state index in [1.807, 2.05) is 0 Å². The minimum Gasteiger partial charge on any atom is -0.343 e. The molecule has 0 spiro atoms. The molecule has 1 N–H and O–H groups in total. The van der Waals surface area contributed by atoms with E-state index in [2.05, 4.69) is 0 Å². The van der Waals surface area contributed by atoms with Gasteiger partial charge in [-0.15, -0.1) is 0 Å². The van der Waals surface area contributed by atoms with E-state index >= 15 is 0 Å². The molecule has 1 amide bonds. The highest BCUT2D eigenvalue weighted by molar-refractivity contribution is 6.00. The van der Waals surface area contributed by atoms with Crippen LogP contribution < -0.4 is 5.32 Å². The summed E-state index contributed by atoms with van der Waals surface area (Å²) in [5, 5.41) is 1.27.